The van der Waals surface area contributed by atoms with Crippen LogP contribution >= 0.6 is 0 Å². The van der Waals surface area contributed by atoms with Gasteiger partial charge in [-0.15, -0.1) is 0 Å². The maximum atomic E-state index is 3.71. The molecule has 0 aliphatic carbocycles. The Balaban J connectivity index is 1.44. The fourth-order valence-corrected chi connectivity index (χ4v) is 4.81. The fourth-order valence-electron chi connectivity index (χ4n) is 4.81. The van der Waals surface area contributed by atoms with E-state index in [1.54, 1.807) is 0 Å². The lowest BCUT2D eigenvalue weighted by Gasteiger charge is -2.16. The Morgan fingerprint density at radius 1 is 0.270 bits per heavy atom. The van der Waals surface area contributed by atoms with Crippen LogP contribution in [0.2, 0.25) is 0 Å². The minimum Gasteiger partial charge on any atom is -0.355 e. The van der Waals surface area contributed by atoms with Crippen molar-refractivity contribution in [2.75, 3.05) is 5.32 Å². The van der Waals surface area contributed by atoms with Gasteiger partial charge in [0.15, 0.2) is 0 Å². The molecule has 0 fully saturated rings. The minimum atomic E-state index is 1.06. The van der Waals surface area contributed by atoms with Gasteiger partial charge in [0.05, 0.1) is 0 Å². The zero-order valence-electron chi connectivity index (χ0n) is 20.5. The van der Waals surface area contributed by atoms with Crippen LogP contribution in [0, 0.1) is 0 Å². The molecule has 1 nitrogen and oxygen atoms in total. The van der Waals surface area contributed by atoms with Crippen molar-refractivity contribution in [2.45, 2.75) is 0 Å². The Bertz CT molecular complexity index is 1550. The van der Waals surface area contributed by atoms with Crippen LogP contribution in [0.1, 0.15) is 0 Å². The summed E-state index contributed by atoms with van der Waals surface area (Å²) in [6.07, 6.45) is 0. The van der Waals surface area contributed by atoms with Crippen molar-refractivity contribution in [3.63, 3.8) is 0 Å². The highest BCUT2D eigenvalue weighted by molar-refractivity contribution is 5.87. The first kappa shape index (κ1) is 22.6. The normalized spacial score (nSPS) is 10.7. The highest BCUT2D eigenvalue weighted by atomic mass is 14.9. The molecule has 0 aromatic heterocycles. The van der Waals surface area contributed by atoms with E-state index in [0.717, 1.165) is 11.4 Å². The molecule has 0 heterocycles. The molecule has 37 heavy (non-hydrogen) atoms. The molecule has 0 bridgehead atoms. The molecular weight excluding hydrogens is 446 g/mol. The summed E-state index contributed by atoms with van der Waals surface area (Å²) < 4.78 is 0. The van der Waals surface area contributed by atoms with E-state index in [0.29, 0.717) is 0 Å². The number of nitrogens with one attached hydrogen (secondary N) is 1. The van der Waals surface area contributed by atoms with Crippen LogP contribution in [0.25, 0.3) is 44.5 Å². The molecule has 0 saturated carbocycles. The predicted molar refractivity (Wildman–Crippen MR) is 158 cm³/mol. The molecule has 0 amide bonds. The third-order valence-corrected chi connectivity index (χ3v) is 6.63. The topological polar surface area (TPSA) is 12.0 Å². The lowest BCUT2D eigenvalue weighted by molar-refractivity contribution is 1.51. The molecule has 0 spiro atoms. The Kier molecular flexibility index (Phi) is 6.34. The number of benzene rings is 6. The standard InChI is InChI=1S/C36H27N/c1-5-13-27(14-6-1)31-23-32(28-15-7-2-8-16-28)25-34(24-31)37-33-21-22-35(29-17-9-3-10-18-29)36(26-33)30-19-11-4-12-20-30/h1-26,37H. The summed E-state index contributed by atoms with van der Waals surface area (Å²) in [5.74, 6) is 0. The number of hydrogen-bond acceptors (Lipinski definition) is 1. The van der Waals surface area contributed by atoms with Crippen molar-refractivity contribution in [1.29, 1.82) is 0 Å². The van der Waals surface area contributed by atoms with Gasteiger partial charge in [0.25, 0.3) is 0 Å². The molecule has 176 valence electrons. The van der Waals surface area contributed by atoms with Crippen molar-refractivity contribution in [3.8, 4) is 44.5 Å². The molecule has 0 unspecified atom stereocenters. The van der Waals surface area contributed by atoms with E-state index in [9.17, 15) is 0 Å². The van der Waals surface area contributed by atoms with Crippen LogP contribution in [0.3, 0.4) is 0 Å². The van der Waals surface area contributed by atoms with E-state index in [2.05, 4.69) is 163 Å². The van der Waals surface area contributed by atoms with E-state index in [-0.39, 0.29) is 0 Å². The first-order valence-electron chi connectivity index (χ1n) is 12.6. The number of rotatable bonds is 6. The molecule has 0 radical (unpaired) electrons. The SMILES string of the molecule is c1ccc(-c2cc(Nc3ccc(-c4ccccc4)c(-c4ccccc4)c3)cc(-c3ccccc3)c2)cc1. The molecule has 0 saturated heterocycles. The Labute approximate surface area is 218 Å². The maximum Gasteiger partial charge on any atom is 0.0396 e. The van der Waals surface area contributed by atoms with Crippen molar-refractivity contribution < 1.29 is 0 Å². The Morgan fingerprint density at radius 2 is 0.703 bits per heavy atom. The van der Waals surface area contributed by atoms with Gasteiger partial charge < -0.3 is 5.32 Å². The molecule has 0 aliphatic heterocycles. The van der Waals surface area contributed by atoms with Gasteiger partial charge in [-0.2, -0.15) is 0 Å². The van der Waals surface area contributed by atoms with Crippen molar-refractivity contribution in [1.82, 2.24) is 0 Å². The van der Waals surface area contributed by atoms with Crippen molar-refractivity contribution in [2.24, 2.45) is 0 Å². The lowest BCUT2D eigenvalue weighted by Crippen LogP contribution is -1.94. The average Bonchev–Trinajstić information content (AvgIpc) is 2.99. The number of hydrogen-bond donors (Lipinski definition) is 1. The summed E-state index contributed by atoms with van der Waals surface area (Å²) in [7, 11) is 0. The molecule has 6 aromatic carbocycles. The molecule has 0 atom stereocenters. The van der Waals surface area contributed by atoms with E-state index in [1.807, 2.05) is 0 Å². The van der Waals surface area contributed by atoms with Gasteiger partial charge in [-0.25, -0.2) is 0 Å². The predicted octanol–water partition coefficient (Wildman–Crippen LogP) is 10.1. The van der Waals surface area contributed by atoms with Gasteiger partial charge in [0.1, 0.15) is 0 Å². The van der Waals surface area contributed by atoms with Crippen molar-refractivity contribution in [3.05, 3.63) is 158 Å². The molecule has 6 aromatic rings. The summed E-state index contributed by atoms with van der Waals surface area (Å²) >= 11 is 0. The monoisotopic (exact) mass is 473 g/mol. The Hall–Kier alpha value is -4.88. The average molecular weight is 474 g/mol. The number of anilines is 2. The van der Waals surface area contributed by atoms with Crippen LogP contribution in [0.4, 0.5) is 11.4 Å². The van der Waals surface area contributed by atoms with Crippen molar-refractivity contribution >= 4 is 11.4 Å². The van der Waals surface area contributed by atoms with Crippen LogP contribution < -0.4 is 5.32 Å². The quantitative estimate of drug-likeness (QED) is 0.254. The first-order valence-corrected chi connectivity index (χ1v) is 12.6. The third-order valence-electron chi connectivity index (χ3n) is 6.63. The second-order valence-electron chi connectivity index (χ2n) is 9.15. The molecule has 1 heteroatoms. The summed E-state index contributed by atoms with van der Waals surface area (Å²) in [5.41, 5.74) is 11.7. The fraction of sp³-hybridized carbons (Fsp3) is 0. The van der Waals surface area contributed by atoms with Gasteiger partial charge in [0.2, 0.25) is 0 Å². The maximum absolute atomic E-state index is 3.71. The second-order valence-corrected chi connectivity index (χ2v) is 9.15. The smallest absolute Gasteiger partial charge is 0.0396 e. The van der Waals surface area contributed by atoms with Crippen LogP contribution in [-0.4, -0.2) is 0 Å². The van der Waals surface area contributed by atoms with E-state index in [4.69, 9.17) is 0 Å². The summed E-state index contributed by atoms with van der Waals surface area (Å²) in [4.78, 5) is 0. The molecular formula is C36H27N. The summed E-state index contributed by atoms with van der Waals surface area (Å²) in [6.45, 7) is 0. The van der Waals surface area contributed by atoms with Gasteiger partial charge in [-0.1, -0.05) is 127 Å². The zero-order chi connectivity index (χ0) is 24.9. The molecule has 1 N–H and O–H groups in total. The van der Waals surface area contributed by atoms with Crippen LogP contribution in [0.5, 0.6) is 0 Å². The minimum absolute atomic E-state index is 1.06. The van der Waals surface area contributed by atoms with Gasteiger partial charge in [0, 0.05) is 11.4 Å². The van der Waals surface area contributed by atoms with Gasteiger partial charge in [-0.05, 0) is 74.8 Å². The highest BCUT2D eigenvalue weighted by Gasteiger charge is 2.10. The van der Waals surface area contributed by atoms with E-state index >= 15 is 0 Å². The van der Waals surface area contributed by atoms with Gasteiger partial charge in [-0.3, -0.25) is 0 Å². The van der Waals surface area contributed by atoms with Crippen LogP contribution in [-0.2, 0) is 0 Å². The zero-order valence-corrected chi connectivity index (χ0v) is 20.5. The molecule has 0 aliphatic rings. The highest BCUT2D eigenvalue weighted by Crippen LogP contribution is 2.36. The molecule has 6 rings (SSSR count). The Morgan fingerprint density at radius 3 is 1.19 bits per heavy atom. The van der Waals surface area contributed by atoms with Gasteiger partial charge >= 0.3 is 0 Å². The van der Waals surface area contributed by atoms with E-state index in [1.165, 1.54) is 44.5 Å². The third kappa shape index (κ3) is 5.07. The first-order chi connectivity index (χ1) is 18.3. The lowest BCUT2D eigenvalue weighted by atomic mass is 9.94. The van der Waals surface area contributed by atoms with Crippen LogP contribution in [0.15, 0.2) is 158 Å². The summed E-state index contributed by atoms with van der Waals surface area (Å²) in [5, 5.41) is 3.71. The van der Waals surface area contributed by atoms with E-state index < -0.39 is 0 Å². The summed E-state index contributed by atoms with van der Waals surface area (Å²) in [6, 6.07) is 55.7. The second kappa shape index (κ2) is 10.4. The largest absolute Gasteiger partial charge is 0.355 e.